The Morgan fingerprint density at radius 3 is 2.71 bits per heavy atom. The Kier molecular flexibility index (Phi) is 3.98. The fourth-order valence-electron chi connectivity index (χ4n) is 1.38. The Bertz CT molecular complexity index is 381. The van der Waals surface area contributed by atoms with Gasteiger partial charge in [0.2, 0.25) is 0 Å². The van der Waals surface area contributed by atoms with E-state index >= 15 is 0 Å². The maximum atomic E-state index is 11.6. The molecule has 1 heterocycles. The maximum Gasteiger partial charge on any atom is 0.408 e. The molecule has 1 aromatic rings. The molecule has 0 fully saturated rings. The number of H-pyrrole nitrogens is 1. The van der Waals surface area contributed by atoms with Crippen LogP contribution in [0, 0.1) is 0 Å². The van der Waals surface area contributed by atoms with Crippen LogP contribution in [0.5, 0.6) is 0 Å². The van der Waals surface area contributed by atoms with E-state index in [-0.39, 0.29) is 6.04 Å². The molecule has 1 amide bonds. The fraction of sp³-hybridized carbons (Fsp3) is 0.636. The highest BCUT2D eigenvalue weighted by Crippen LogP contribution is 2.17. The lowest BCUT2D eigenvalue weighted by Gasteiger charge is -2.22. The average molecular weight is 240 g/mol. The lowest BCUT2D eigenvalue weighted by atomic mass is 10.1. The summed E-state index contributed by atoms with van der Waals surface area (Å²) in [5, 5.41) is 9.37. The summed E-state index contributed by atoms with van der Waals surface area (Å²) in [6.07, 6.45) is 0.276. The predicted molar refractivity (Wildman–Crippen MR) is 65.4 cm³/mol. The summed E-state index contributed by atoms with van der Waals surface area (Å²) in [6, 6.07) is 1.53. The van der Waals surface area contributed by atoms with Gasteiger partial charge in [-0.2, -0.15) is 5.10 Å². The van der Waals surface area contributed by atoms with E-state index < -0.39 is 11.7 Å². The van der Waals surface area contributed by atoms with E-state index in [4.69, 9.17) is 10.5 Å². The van der Waals surface area contributed by atoms with Gasteiger partial charge in [0.15, 0.2) is 0 Å². The molecule has 1 atom stereocenters. The van der Waals surface area contributed by atoms with Crippen molar-refractivity contribution in [2.75, 3.05) is 5.73 Å². The summed E-state index contributed by atoms with van der Waals surface area (Å²) >= 11 is 0. The molecule has 1 aromatic heterocycles. The van der Waals surface area contributed by atoms with Crippen LogP contribution < -0.4 is 11.1 Å². The van der Waals surface area contributed by atoms with Crippen molar-refractivity contribution >= 4 is 11.9 Å². The first-order valence-electron chi connectivity index (χ1n) is 5.62. The summed E-state index contributed by atoms with van der Waals surface area (Å²) in [5.41, 5.74) is 5.79. The monoisotopic (exact) mass is 240 g/mol. The number of nitrogen functional groups attached to an aromatic ring is 1. The quantitative estimate of drug-likeness (QED) is 0.753. The van der Waals surface area contributed by atoms with Crippen molar-refractivity contribution in [3.63, 3.8) is 0 Å². The van der Waals surface area contributed by atoms with Crippen molar-refractivity contribution in [1.29, 1.82) is 0 Å². The van der Waals surface area contributed by atoms with Crippen LogP contribution >= 0.6 is 0 Å². The number of ether oxygens (including phenoxy) is 1. The van der Waals surface area contributed by atoms with E-state index in [0.717, 1.165) is 12.1 Å². The molecule has 6 heteroatoms. The molecule has 1 rings (SSSR count). The Balaban J connectivity index is 2.62. The van der Waals surface area contributed by atoms with Crippen molar-refractivity contribution in [3.05, 3.63) is 11.8 Å². The molecule has 0 aromatic carbocycles. The molecule has 0 aliphatic rings. The van der Waals surface area contributed by atoms with Gasteiger partial charge in [0.1, 0.15) is 11.4 Å². The van der Waals surface area contributed by atoms with Crippen LogP contribution in [0.1, 0.15) is 45.9 Å². The minimum atomic E-state index is -0.505. The summed E-state index contributed by atoms with van der Waals surface area (Å²) in [4.78, 5) is 11.6. The van der Waals surface area contributed by atoms with Gasteiger partial charge in [0, 0.05) is 6.07 Å². The zero-order valence-corrected chi connectivity index (χ0v) is 10.7. The average Bonchev–Trinajstić information content (AvgIpc) is 2.58. The number of nitrogens with one attached hydrogen (secondary N) is 2. The van der Waals surface area contributed by atoms with E-state index in [1.54, 1.807) is 6.07 Å². The first kappa shape index (κ1) is 13.3. The third kappa shape index (κ3) is 4.34. The summed E-state index contributed by atoms with van der Waals surface area (Å²) in [6.45, 7) is 7.42. The van der Waals surface area contributed by atoms with Gasteiger partial charge < -0.3 is 15.8 Å². The van der Waals surface area contributed by atoms with Gasteiger partial charge in [-0.05, 0) is 27.2 Å². The van der Waals surface area contributed by atoms with Crippen LogP contribution in [-0.4, -0.2) is 21.9 Å². The largest absolute Gasteiger partial charge is 0.444 e. The van der Waals surface area contributed by atoms with Gasteiger partial charge in [-0.25, -0.2) is 4.79 Å². The molecular weight excluding hydrogens is 220 g/mol. The van der Waals surface area contributed by atoms with Gasteiger partial charge in [-0.1, -0.05) is 6.92 Å². The molecule has 0 aliphatic heterocycles. The highest BCUT2D eigenvalue weighted by molar-refractivity contribution is 5.68. The van der Waals surface area contributed by atoms with Crippen LogP contribution in [0.15, 0.2) is 6.07 Å². The van der Waals surface area contributed by atoms with E-state index in [0.29, 0.717) is 5.82 Å². The van der Waals surface area contributed by atoms with Gasteiger partial charge in [-0.15, -0.1) is 0 Å². The smallest absolute Gasteiger partial charge is 0.408 e. The minimum absolute atomic E-state index is 0.172. The lowest BCUT2D eigenvalue weighted by molar-refractivity contribution is 0.0501. The molecular formula is C11H20N4O2. The summed E-state index contributed by atoms with van der Waals surface area (Å²) in [7, 11) is 0. The number of alkyl carbamates (subject to hydrolysis) is 1. The maximum absolute atomic E-state index is 11.6. The normalized spacial score (nSPS) is 13.2. The highest BCUT2D eigenvalue weighted by Gasteiger charge is 2.20. The van der Waals surface area contributed by atoms with Gasteiger partial charge in [0.25, 0.3) is 0 Å². The number of carbonyl (C=O) groups excluding carboxylic acids is 1. The zero-order chi connectivity index (χ0) is 13.1. The van der Waals surface area contributed by atoms with Crippen LogP contribution in [0.25, 0.3) is 0 Å². The second kappa shape index (κ2) is 5.07. The van der Waals surface area contributed by atoms with Crippen LogP contribution in [-0.2, 0) is 4.74 Å². The minimum Gasteiger partial charge on any atom is -0.444 e. The number of hydrogen-bond acceptors (Lipinski definition) is 4. The van der Waals surface area contributed by atoms with E-state index in [1.165, 1.54) is 0 Å². The third-order valence-corrected chi connectivity index (χ3v) is 2.09. The van der Waals surface area contributed by atoms with Crippen LogP contribution in [0.3, 0.4) is 0 Å². The standard InChI is InChI=1S/C11H20N4O2/c1-5-7(8-6-9(12)15-14-8)13-10(16)17-11(2,3)4/h6-7H,5H2,1-4H3,(H,13,16)(H3,12,14,15)/t7-/m1/s1. The summed E-state index contributed by atoms with van der Waals surface area (Å²) < 4.78 is 5.18. The molecule has 17 heavy (non-hydrogen) atoms. The topological polar surface area (TPSA) is 93.0 Å². The Morgan fingerprint density at radius 2 is 2.29 bits per heavy atom. The van der Waals surface area contributed by atoms with E-state index in [1.807, 2.05) is 27.7 Å². The number of anilines is 1. The Morgan fingerprint density at radius 1 is 1.65 bits per heavy atom. The molecule has 0 spiro atoms. The second-order valence-corrected chi connectivity index (χ2v) is 4.86. The molecule has 0 radical (unpaired) electrons. The number of carbonyl (C=O) groups is 1. The molecule has 6 nitrogen and oxygen atoms in total. The third-order valence-electron chi connectivity index (χ3n) is 2.09. The van der Waals surface area contributed by atoms with Gasteiger partial charge in [-0.3, -0.25) is 5.10 Å². The number of aromatic amines is 1. The van der Waals surface area contributed by atoms with Crippen LogP contribution in [0.2, 0.25) is 0 Å². The van der Waals surface area contributed by atoms with Crippen molar-refractivity contribution in [1.82, 2.24) is 15.5 Å². The van der Waals surface area contributed by atoms with Crippen molar-refractivity contribution < 1.29 is 9.53 Å². The number of rotatable bonds is 3. The fourth-order valence-corrected chi connectivity index (χ4v) is 1.38. The first-order valence-corrected chi connectivity index (χ1v) is 5.62. The Hall–Kier alpha value is -1.72. The molecule has 0 saturated carbocycles. The molecule has 0 aliphatic carbocycles. The van der Waals surface area contributed by atoms with E-state index in [9.17, 15) is 4.79 Å². The lowest BCUT2D eigenvalue weighted by Crippen LogP contribution is -2.34. The van der Waals surface area contributed by atoms with Crippen LogP contribution in [0.4, 0.5) is 10.6 Å². The number of amides is 1. The Labute approximate surface area is 101 Å². The van der Waals surface area contributed by atoms with E-state index in [2.05, 4.69) is 15.5 Å². The molecule has 0 unspecified atom stereocenters. The van der Waals surface area contributed by atoms with Gasteiger partial charge in [0.05, 0.1) is 11.7 Å². The van der Waals surface area contributed by atoms with Crippen molar-refractivity contribution in [3.8, 4) is 0 Å². The predicted octanol–water partition coefficient (Wildman–Crippen LogP) is 1.97. The first-order chi connectivity index (χ1) is 7.81. The molecule has 4 N–H and O–H groups in total. The molecule has 0 bridgehead atoms. The SMILES string of the molecule is CC[C@@H](NC(=O)OC(C)(C)C)c1cc(N)n[nH]1. The molecule has 96 valence electrons. The number of nitrogens with zero attached hydrogens (tertiary/aromatic N) is 1. The zero-order valence-electron chi connectivity index (χ0n) is 10.7. The van der Waals surface area contributed by atoms with Crippen molar-refractivity contribution in [2.24, 2.45) is 0 Å². The summed E-state index contributed by atoms with van der Waals surface area (Å²) in [5.74, 6) is 0.407. The molecule has 0 saturated heterocycles. The highest BCUT2D eigenvalue weighted by atomic mass is 16.6. The van der Waals surface area contributed by atoms with Crippen molar-refractivity contribution in [2.45, 2.75) is 45.8 Å². The number of hydrogen-bond donors (Lipinski definition) is 3. The number of nitrogens with two attached hydrogens (primary N) is 1. The second-order valence-electron chi connectivity index (χ2n) is 4.86. The van der Waals surface area contributed by atoms with Gasteiger partial charge >= 0.3 is 6.09 Å². The number of aromatic nitrogens is 2.